The number of aryl methyl sites for hydroxylation is 1. The molecule has 0 unspecified atom stereocenters. The summed E-state index contributed by atoms with van der Waals surface area (Å²) < 4.78 is 8.01. The van der Waals surface area contributed by atoms with Crippen LogP contribution in [0.2, 0.25) is 0 Å². The van der Waals surface area contributed by atoms with Gasteiger partial charge in [-0.1, -0.05) is 24.3 Å². The molecule has 10 nitrogen and oxygen atoms in total. The van der Waals surface area contributed by atoms with E-state index < -0.39 is 0 Å². The van der Waals surface area contributed by atoms with Crippen LogP contribution in [0.5, 0.6) is 5.75 Å². The Morgan fingerprint density at radius 2 is 1.82 bits per heavy atom. The highest BCUT2D eigenvalue weighted by atomic mass is 16.5. The minimum atomic E-state index is 0.642. The molecule has 1 saturated heterocycles. The number of hydrogen-bond donors (Lipinski definition) is 1. The molecule has 0 saturated carbocycles. The SMILES string of the molecule is Cn1ncc(-c2ccc(CNc3cc(-c4cnc5cc(OCCCN6CCCC6)ccn45)ncn3)cc2)n1. The second-order valence-electron chi connectivity index (χ2n) is 9.54. The van der Waals surface area contributed by atoms with Crippen LogP contribution in [-0.4, -0.2) is 65.5 Å². The van der Waals surface area contributed by atoms with Crippen molar-refractivity contribution in [3.8, 4) is 28.4 Å². The van der Waals surface area contributed by atoms with Gasteiger partial charge in [0, 0.05) is 44.0 Å². The van der Waals surface area contributed by atoms with Crippen LogP contribution >= 0.6 is 0 Å². The minimum Gasteiger partial charge on any atom is -0.493 e. The van der Waals surface area contributed by atoms with Gasteiger partial charge in [-0.05, 0) is 44.0 Å². The van der Waals surface area contributed by atoms with Crippen molar-refractivity contribution >= 4 is 11.5 Å². The van der Waals surface area contributed by atoms with Gasteiger partial charge in [-0.15, -0.1) is 0 Å². The van der Waals surface area contributed by atoms with E-state index in [4.69, 9.17) is 4.74 Å². The third-order valence-electron chi connectivity index (χ3n) is 6.82. The number of rotatable bonds is 10. The number of pyridine rings is 1. The van der Waals surface area contributed by atoms with E-state index in [2.05, 4.69) is 59.6 Å². The smallest absolute Gasteiger partial charge is 0.140 e. The summed E-state index contributed by atoms with van der Waals surface area (Å²) in [6.07, 6.45) is 10.8. The van der Waals surface area contributed by atoms with E-state index in [0.717, 1.165) is 58.4 Å². The zero-order valence-electron chi connectivity index (χ0n) is 21.5. The highest BCUT2D eigenvalue weighted by molar-refractivity contribution is 5.63. The molecule has 4 aromatic heterocycles. The standard InChI is InChI=1S/C28H31N9O/c1-35-33-18-25(34-35)22-7-5-21(6-8-22)17-29-27-16-24(31-20-32-27)26-19-30-28-15-23(9-13-37(26)28)38-14-4-12-36-10-2-3-11-36/h5-9,13,15-16,18-20H,2-4,10-12,14,17H2,1H3,(H,29,31,32). The lowest BCUT2D eigenvalue weighted by Crippen LogP contribution is -2.21. The number of imidazole rings is 1. The van der Waals surface area contributed by atoms with Crippen LogP contribution in [0.1, 0.15) is 24.8 Å². The molecule has 10 heteroatoms. The van der Waals surface area contributed by atoms with Gasteiger partial charge in [-0.3, -0.25) is 4.40 Å². The summed E-state index contributed by atoms with van der Waals surface area (Å²) in [6.45, 7) is 4.91. The Morgan fingerprint density at radius 1 is 0.947 bits per heavy atom. The number of fused-ring (bicyclic) bond motifs is 1. The number of hydrogen-bond acceptors (Lipinski definition) is 8. The predicted octanol–water partition coefficient (Wildman–Crippen LogP) is 4.06. The Hall–Kier alpha value is -4.31. The topological polar surface area (TPSA) is 98.3 Å². The number of likely N-dealkylation sites (tertiary alicyclic amines) is 1. The van der Waals surface area contributed by atoms with Crippen molar-refractivity contribution in [1.82, 2.24) is 39.2 Å². The Bertz CT molecular complexity index is 1500. The number of benzene rings is 1. The summed E-state index contributed by atoms with van der Waals surface area (Å²) in [5.74, 6) is 1.59. The highest BCUT2D eigenvalue weighted by Crippen LogP contribution is 2.24. The molecule has 6 rings (SSSR count). The summed E-state index contributed by atoms with van der Waals surface area (Å²) in [5, 5.41) is 11.9. The molecular weight excluding hydrogens is 478 g/mol. The molecule has 194 valence electrons. The minimum absolute atomic E-state index is 0.642. The normalized spacial score (nSPS) is 13.8. The molecule has 1 aliphatic rings. The molecule has 1 aromatic carbocycles. The van der Waals surface area contributed by atoms with E-state index in [1.54, 1.807) is 17.3 Å². The fraction of sp³-hybridized carbons (Fsp3) is 0.321. The zero-order valence-corrected chi connectivity index (χ0v) is 21.5. The maximum absolute atomic E-state index is 5.99. The quantitative estimate of drug-likeness (QED) is 0.282. The number of aromatic nitrogens is 7. The predicted molar refractivity (Wildman–Crippen MR) is 146 cm³/mol. The Labute approximate surface area is 221 Å². The van der Waals surface area contributed by atoms with Crippen molar-refractivity contribution in [2.75, 3.05) is 31.6 Å². The van der Waals surface area contributed by atoms with Crippen molar-refractivity contribution in [3.63, 3.8) is 0 Å². The largest absolute Gasteiger partial charge is 0.493 e. The lowest BCUT2D eigenvalue weighted by Gasteiger charge is -2.14. The van der Waals surface area contributed by atoms with Crippen LogP contribution in [0.4, 0.5) is 5.82 Å². The van der Waals surface area contributed by atoms with Gasteiger partial charge in [-0.2, -0.15) is 15.0 Å². The number of nitrogens with zero attached hydrogens (tertiary/aromatic N) is 8. The maximum atomic E-state index is 5.99. The molecule has 0 aliphatic carbocycles. The molecule has 0 atom stereocenters. The van der Waals surface area contributed by atoms with Crippen LogP contribution in [0.15, 0.2) is 67.4 Å². The third kappa shape index (κ3) is 5.50. The van der Waals surface area contributed by atoms with E-state index in [9.17, 15) is 0 Å². The van der Waals surface area contributed by atoms with Gasteiger partial charge in [0.05, 0.1) is 30.4 Å². The molecule has 1 fully saturated rings. The number of ether oxygens (including phenoxy) is 1. The lowest BCUT2D eigenvalue weighted by atomic mass is 10.1. The molecule has 1 aliphatic heterocycles. The molecule has 0 radical (unpaired) electrons. The van der Waals surface area contributed by atoms with Crippen molar-refractivity contribution in [2.45, 2.75) is 25.8 Å². The van der Waals surface area contributed by atoms with Gasteiger partial charge in [0.15, 0.2) is 0 Å². The molecule has 0 amide bonds. The van der Waals surface area contributed by atoms with Gasteiger partial charge in [0.1, 0.15) is 29.2 Å². The monoisotopic (exact) mass is 509 g/mol. The van der Waals surface area contributed by atoms with Crippen molar-refractivity contribution in [2.24, 2.45) is 7.05 Å². The summed E-state index contributed by atoms with van der Waals surface area (Å²) >= 11 is 0. The van der Waals surface area contributed by atoms with Gasteiger partial charge >= 0.3 is 0 Å². The van der Waals surface area contributed by atoms with Gasteiger partial charge in [-0.25, -0.2) is 15.0 Å². The first kappa shape index (κ1) is 24.1. The molecule has 1 N–H and O–H groups in total. The van der Waals surface area contributed by atoms with E-state index in [1.807, 2.05) is 42.0 Å². The second-order valence-corrected chi connectivity index (χ2v) is 9.54. The fourth-order valence-electron chi connectivity index (χ4n) is 4.78. The number of anilines is 1. The average Bonchev–Trinajstić information content (AvgIpc) is 3.72. The summed E-state index contributed by atoms with van der Waals surface area (Å²) in [6, 6.07) is 14.2. The first-order valence-corrected chi connectivity index (χ1v) is 13.1. The zero-order chi connectivity index (χ0) is 25.7. The first-order chi connectivity index (χ1) is 18.7. The van der Waals surface area contributed by atoms with Gasteiger partial charge in [0.2, 0.25) is 0 Å². The van der Waals surface area contributed by atoms with E-state index in [1.165, 1.54) is 25.9 Å². The van der Waals surface area contributed by atoms with Crippen LogP contribution < -0.4 is 10.1 Å². The Kier molecular flexibility index (Phi) is 6.95. The molecule has 5 aromatic rings. The molecule has 0 bridgehead atoms. The fourth-order valence-corrected chi connectivity index (χ4v) is 4.78. The van der Waals surface area contributed by atoms with E-state index in [0.29, 0.717) is 13.2 Å². The third-order valence-corrected chi connectivity index (χ3v) is 6.82. The van der Waals surface area contributed by atoms with Gasteiger partial charge < -0.3 is 15.0 Å². The molecule has 5 heterocycles. The van der Waals surface area contributed by atoms with Crippen molar-refractivity contribution in [1.29, 1.82) is 0 Å². The van der Waals surface area contributed by atoms with Crippen LogP contribution in [0, 0.1) is 0 Å². The Morgan fingerprint density at radius 3 is 2.63 bits per heavy atom. The molecule has 38 heavy (non-hydrogen) atoms. The molecular formula is C28H31N9O. The van der Waals surface area contributed by atoms with Crippen molar-refractivity contribution < 1.29 is 4.74 Å². The van der Waals surface area contributed by atoms with E-state index >= 15 is 0 Å². The van der Waals surface area contributed by atoms with Crippen LogP contribution in [-0.2, 0) is 13.6 Å². The average molecular weight is 510 g/mol. The molecule has 0 spiro atoms. The van der Waals surface area contributed by atoms with Crippen molar-refractivity contribution in [3.05, 3.63) is 72.9 Å². The summed E-state index contributed by atoms with van der Waals surface area (Å²) in [5.41, 5.74) is 5.56. The Balaban J connectivity index is 1.08. The number of nitrogens with one attached hydrogen (secondary N) is 1. The summed E-state index contributed by atoms with van der Waals surface area (Å²) in [4.78, 5) is 17.6. The summed E-state index contributed by atoms with van der Waals surface area (Å²) in [7, 11) is 1.81. The highest BCUT2D eigenvalue weighted by Gasteiger charge is 2.12. The van der Waals surface area contributed by atoms with Crippen LogP contribution in [0.3, 0.4) is 0 Å². The van der Waals surface area contributed by atoms with Crippen LogP contribution in [0.25, 0.3) is 28.3 Å². The maximum Gasteiger partial charge on any atom is 0.140 e. The first-order valence-electron chi connectivity index (χ1n) is 13.1. The second kappa shape index (κ2) is 11.0. The van der Waals surface area contributed by atoms with Gasteiger partial charge in [0.25, 0.3) is 0 Å². The lowest BCUT2D eigenvalue weighted by molar-refractivity contribution is 0.263. The van der Waals surface area contributed by atoms with E-state index in [-0.39, 0.29) is 0 Å².